The molecule has 106 valence electrons. The fraction of sp³-hybridized carbons (Fsp3) is 0.400. The summed E-state index contributed by atoms with van der Waals surface area (Å²) in [5.41, 5.74) is 2.86. The molecule has 5 heteroatoms. The summed E-state index contributed by atoms with van der Waals surface area (Å²) in [4.78, 5) is 14.2. The standard InChI is InChI=1S/C15H18ClN3O/c1-19-9-10-2-3-11(16)6-13(10)14(15(19)20)7-12-8-17-4-5-18-12/h2-3,6-7,12,17-18H,4-5,8-9H2,1H3/b14-7+. The molecule has 3 rings (SSSR count). The van der Waals surface area contributed by atoms with E-state index in [0.29, 0.717) is 11.6 Å². The average molecular weight is 292 g/mol. The summed E-state index contributed by atoms with van der Waals surface area (Å²) in [5.74, 6) is 0.0622. The Bertz CT molecular complexity index is 564. The van der Waals surface area contributed by atoms with Crippen molar-refractivity contribution in [3.63, 3.8) is 0 Å². The Morgan fingerprint density at radius 2 is 2.25 bits per heavy atom. The number of hydrogen-bond acceptors (Lipinski definition) is 3. The number of nitrogens with zero attached hydrogens (tertiary/aromatic N) is 1. The molecule has 2 heterocycles. The summed E-state index contributed by atoms with van der Waals surface area (Å²) in [6.45, 7) is 3.37. The molecule has 4 nitrogen and oxygen atoms in total. The van der Waals surface area contributed by atoms with Crippen LogP contribution in [0.1, 0.15) is 11.1 Å². The topological polar surface area (TPSA) is 44.4 Å². The van der Waals surface area contributed by atoms with Gasteiger partial charge in [-0.05, 0) is 23.3 Å². The molecule has 1 aromatic rings. The highest BCUT2D eigenvalue weighted by molar-refractivity contribution is 6.31. The normalized spacial score (nSPS) is 24.9. The van der Waals surface area contributed by atoms with E-state index < -0.39 is 0 Å². The molecule has 0 aliphatic carbocycles. The van der Waals surface area contributed by atoms with E-state index in [0.717, 1.165) is 36.3 Å². The van der Waals surface area contributed by atoms with Gasteiger partial charge in [0.2, 0.25) is 0 Å². The van der Waals surface area contributed by atoms with Crippen LogP contribution >= 0.6 is 11.6 Å². The van der Waals surface area contributed by atoms with E-state index in [9.17, 15) is 4.79 Å². The molecule has 0 saturated carbocycles. The molecule has 1 atom stereocenters. The molecule has 20 heavy (non-hydrogen) atoms. The van der Waals surface area contributed by atoms with Crippen molar-refractivity contribution < 1.29 is 4.79 Å². The maximum atomic E-state index is 12.4. The Morgan fingerprint density at radius 3 is 3.00 bits per heavy atom. The summed E-state index contributed by atoms with van der Waals surface area (Å²) in [6, 6.07) is 5.95. The molecule has 1 saturated heterocycles. The lowest BCUT2D eigenvalue weighted by Crippen LogP contribution is -2.47. The molecule has 1 fully saturated rings. The fourth-order valence-electron chi connectivity index (χ4n) is 2.74. The van der Waals surface area contributed by atoms with Gasteiger partial charge in [0, 0.05) is 49.9 Å². The first-order valence-corrected chi connectivity index (χ1v) is 7.23. The van der Waals surface area contributed by atoms with Crippen molar-refractivity contribution in [1.82, 2.24) is 15.5 Å². The number of fused-ring (bicyclic) bond motifs is 1. The zero-order chi connectivity index (χ0) is 14.1. The molecule has 1 unspecified atom stereocenters. The zero-order valence-corrected chi connectivity index (χ0v) is 12.2. The Balaban J connectivity index is 2.01. The van der Waals surface area contributed by atoms with Crippen molar-refractivity contribution in [3.8, 4) is 0 Å². The summed E-state index contributed by atoms with van der Waals surface area (Å²) in [6.07, 6.45) is 2.03. The van der Waals surface area contributed by atoms with Gasteiger partial charge in [-0.15, -0.1) is 0 Å². The smallest absolute Gasteiger partial charge is 0.254 e. The third-order valence-corrected chi connectivity index (χ3v) is 4.02. The second-order valence-electron chi connectivity index (χ2n) is 5.31. The fourth-order valence-corrected chi connectivity index (χ4v) is 2.91. The predicted octanol–water partition coefficient (Wildman–Crippen LogP) is 1.26. The van der Waals surface area contributed by atoms with Crippen LogP contribution < -0.4 is 10.6 Å². The number of carbonyl (C=O) groups excluding carboxylic acids is 1. The van der Waals surface area contributed by atoms with Crippen molar-refractivity contribution in [2.45, 2.75) is 12.6 Å². The van der Waals surface area contributed by atoms with E-state index in [1.165, 1.54) is 0 Å². The maximum Gasteiger partial charge on any atom is 0.254 e. The lowest BCUT2D eigenvalue weighted by Gasteiger charge is -2.29. The molecule has 1 aromatic carbocycles. The van der Waals surface area contributed by atoms with Crippen molar-refractivity contribution >= 4 is 23.1 Å². The van der Waals surface area contributed by atoms with Crippen molar-refractivity contribution in [1.29, 1.82) is 0 Å². The van der Waals surface area contributed by atoms with Crippen LogP contribution in [0.5, 0.6) is 0 Å². The average Bonchev–Trinajstić information content (AvgIpc) is 2.46. The molecule has 0 bridgehead atoms. The molecule has 0 spiro atoms. The Labute approximate surface area is 123 Å². The minimum Gasteiger partial charge on any atom is -0.337 e. The molecular weight excluding hydrogens is 274 g/mol. The minimum atomic E-state index is 0.0622. The maximum absolute atomic E-state index is 12.4. The van der Waals surface area contributed by atoms with Crippen LogP contribution in [0.3, 0.4) is 0 Å². The van der Waals surface area contributed by atoms with Crippen LogP contribution in [0.15, 0.2) is 24.3 Å². The molecule has 2 aliphatic heterocycles. The number of nitrogens with one attached hydrogen (secondary N) is 2. The SMILES string of the molecule is CN1Cc2ccc(Cl)cc2/C(=C\C2CNCCN2)C1=O. The highest BCUT2D eigenvalue weighted by Crippen LogP contribution is 2.30. The van der Waals surface area contributed by atoms with E-state index in [1.807, 2.05) is 31.3 Å². The van der Waals surface area contributed by atoms with Gasteiger partial charge in [-0.25, -0.2) is 0 Å². The molecule has 0 radical (unpaired) electrons. The molecule has 2 aliphatic rings. The van der Waals surface area contributed by atoms with Crippen LogP contribution in [-0.2, 0) is 11.3 Å². The first kappa shape index (κ1) is 13.6. The number of amides is 1. The van der Waals surface area contributed by atoms with Gasteiger partial charge in [-0.1, -0.05) is 23.7 Å². The number of likely N-dealkylation sites (N-methyl/N-ethyl adjacent to an activating group) is 1. The largest absolute Gasteiger partial charge is 0.337 e. The monoisotopic (exact) mass is 291 g/mol. The van der Waals surface area contributed by atoms with Crippen molar-refractivity contribution in [2.75, 3.05) is 26.7 Å². The van der Waals surface area contributed by atoms with E-state index in [-0.39, 0.29) is 11.9 Å². The lowest BCUT2D eigenvalue weighted by molar-refractivity contribution is -0.124. The van der Waals surface area contributed by atoms with Gasteiger partial charge in [0.25, 0.3) is 5.91 Å². The molecule has 0 aromatic heterocycles. The van der Waals surface area contributed by atoms with Crippen LogP contribution in [0, 0.1) is 0 Å². The van der Waals surface area contributed by atoms with Crippen LogP contribution in [-0.4, -0.2) is 43.5 Å². The van der Waals surface area contributed by atoms with E-state index in [4.69, 9.17) is 11.6 Å². The van der Waals surface area contributed by atoms with E-state index >= 15 is 0 Å². The number of benzene rings is 1. The summed E-state index contributed by atoms with van der Waals surface area (Å²) < 4.78 is 0. The Hall–Kier alpha value is -1.36. The van der Waals surface area contributed by atoms with Crippen LogP contribution in [0.25, 0.3) is 5.57 Å². The number of piperazine rings is 1. The highest BCUT2D eigenvalue weighted by Gasteiger charge is 2.26. The van der Waals surface area contributed by atoms with Gasteiger partial charge in [0.15, 0.2) is 0 Å². The second-order valence-corrected chi connectivity index (χ2v) is 5.74. The van der Waals surface area contributed by atoms with Crippen LogP contribution in [0.2, 0.25) is 5.02 Å². The number of carbonyl (C=O) groups is 1. The second kappa shape index (κ2) is 5.56. The van der Waals surface area contributed by atoms with Gasteiger partial charge in [0.1, 0.15) is 0 Å². The van der Waals surface area contributed by atoms with Crippen molar-refractivity contribution in [2.24, 2.45) is 0 Å². The van der Waals surface area contributed by atoms with E-state index in [2.05, 4.69) is 10.6 Å². The van der Waals surface area contributed by atoms with Gasteiger partial charge in [-0.3, -0.25) is 4.79 Å². The quantitative estimate of drug-likeness (QED) is 0.766. The third kappa shape index (κ3) is 2.59. The van der Waals surface area contributed by atoms with Crippen molar-refractivity contribution in [3.05, 3.63) is 40.4 Å². The third-order valence-electron chi connectivity index (χ3n) is 3.79. The van der Waals surface area contributed by atoms with E-state index in [1.54, 1.807) is 4.90 Å². The molecular formula is C15H18ClN3O. The van der Waals surface area contributed by atoms with Gasteiger partial charge < -0.3 is 15.5 Å². The summed E-state index contributed by atoms with van der Waals surface area (Å²) in [7, 11) is 1.83. The predicted molar refractivity (Wildman–Crippen MR) is 80.6 cm³/mol. The van der Waals surface area contributed by atoms with Gasteiger partial charge in [-0.2, -0.15) is 0 Å². The Kier molecular flexibility index (Phi) is 3.78. The molecule has 2 N–H and O–H groups in total. The summed E-state index contributed by atoms with van der Waals surface area (Å²) >= 11 is 6.09. The first-order valence-electron chi connectivity index (χ1n) is 6.85. The Morgan fingerprint density at radius 1 is 1.40 bits per heavy atom. The number of hydrogen-bond donors (Lipinski definition) is 2. The van der Waals surface area contributed by atoms with Gasteiger partial charge in [0.05, 0.1) is 0 Å². The zero-order valence-electron chi connectivity index (χ0n) is 11.4. The van der Waals surface area contributed by atoms with Crippen LogP contribution in [0.4, 0.5) is 0 Å². The number of halogens is 1. The molecule has 1 amide bonds. The summed E-state index contributed by atoms with van der Waals surface area (Å²) in [5, 5.41) is 7.40. The lowest BCUT2D eigenvalue weighted by atomic mass is 9.93. The number of rotatable bonds is 1. The first-order chi connectivity index (χ1) is 9.65. The minimum absolute atomic E-state index is 0.0622. The van der Waals surface area contributed by atoms with Gasteiger partial charge >= 0.3 is 0 Å². The highest BCUT2D eigenvalue weighted by atomic mass is 35.5.